The maximum Gasteiger partial charge on any atom is 0.252 e. The second kappa shape index (κ2) is 5.27. The second-order valence-corrected chi connectivity index (χ2v) is 4.71. The summed E-state index contributed by atoms with van der Waals surface area (Å²) in [5.74, 6) is 0.564. The van der Waals surface area contributed by atoms with Crippen LogP contribution in [0.3, 0.4) is 0 Å². The summed E-state index contributed by atoms with van der Waals surface area (Å²) in [5.41, 5.74) is 1.33. The first-order chi connectivity index (χ1) is 8.58. The molecule has 1 aromatic heterocycles. The first kappa shape index (κ1) is 12.7. The molecule has 0 unspecified atom stereocenters. The number of rotatable bonds is 3. The quantitative estimate of drug-likeness (QED) is 0.917. The van der Waals surface area contributed by atoms with Crippen LogP contribution in [0.1, 0.15) is 24.2 Å². The van der Waals surface area contributed by atoms with Gasteiger partial charge in [0.2, 0.25) is 0 Å². The Morgan fingerprint density at radius 2 is 2.11 bits per heavy atom. The molecule has 1 N–H and O–H groups in total. The minimum Gasteiger partial charge on any atom is -0.464 e. The van der Waals surface area contributed by atoms with E-state index in [9.17, 15) is 4.79 Å². The fraction of sp³-hybridized carbons (Fsp3) is 0.214. The molecule has 1 heterocycles. The van der Waals surface area contributed by atoms with Crippen LogP contribution in [0.4, 0.5) is 0 Å². The highest BCUT2D eigenvalue weighted by Gasteiger charge is 2.12. The molecule has 4 heteroatoms. The summed E-state index contributed by atoms with van der Waals surface area (Å²) >= 11 is 6.12. The summed E-state index contributed by atoms with van der Waals surface area (Å²) in [6, 6.07) is 8.99. The van der Waals surface area contributed by atoms with Gasteiger partial charge < -0.3 is 9.73 Å². The molecule has 0 aliphatic heterocycles. The highest BCUT2D eigenvalue weighted by Crippen LogP contribution is 2.26. The predicted octanol–water partition coefficient (Wildman–Crippen LogP) is 3.74. The fourth-order valence-corrected chi connectivity index (χ4v) is 1.90. The average molecular weight is 264 g/mol. The molecule has 94 valence electrons. The van der Waals surface area contributed by atoms with Crippen LogP contribution in [-0.4, -0.2) is 11.9 Å². The topological polar surface area (TPSA) is 42.2 Å². The summed E-state index contributed by atoms with van der Waals surface area (Å²) in [4.78, 5) is 11.9. The fourth-order valence-electron chi connectivity index (χ4n) is 1.64. The Balaban J connectivity index is 2.28. The molecule has 2 aromatic rings. The van der Waals surface area contributed by atoms with Crippen molar-refractivity contribution in [2.24, 2.45) is 0 Å². The molecule has 3 nitrogen and oxygen atoms in total. The number of carbonyl (C=O) groups excluding carboxylic acids is 1. The van der Waals surface area contributed by atoms with Gasteiger partial charge in [-0.15, -0.1) is 0 Å². The summed E-state index contributed by atoms with van der Waals surface area (Å²) < 4.78 is 5.28. The maximum absolute atomic E-state index is 11.9. The van der Waals surface area contributed by atoms with Crippen molar-refractivity contribution < 1.29 is 9.21 Å². The summed E-state index contributed by atoms with van der Waals surface area (Å²) in [7, 11) is 0. The first-order valence-corrected chi connectivity index (χ1v) is 6.10. The van der Waals surface area contributed by atoms with Gasteiger partial charge in [-0.2, -0.15) is 0 Å². The van der Waals surface area contributed by atoms with Gasteiger partial charge >= 0.3 is 0 Å². The predicted molar refractivity (Wildman–Crippen MR) is 71.8 cm³/mol. The average Bonchev–Trinajstić information content (AvgIpc) is 2.80. The van der Waals surface area contributed by atoms with E-state index in [0.29, 0.717) is 10.6 Å². The zero-order valence-corrected chi connectivity index (χ0v) is 11.0. The van der Waals surface area contributed by atoms with Crippen molar-refractivity contribution in [3.8, 4) is 11.3 Å². The van der Waals surface area contributed by atoms with Crippen molar-refractivity contribution in [1.82, 2.24) is 5.32 Å². The molecule has 0 radical (unpaired) electrons. The van der Waals surface area contributed by atoms with Gasteiger partial charge in [0.25, 0.3) is 5.91 Å². The molecule has 0 fully saturated rings. The van der Waals surface area contributed by atoms with Gasteiger partial charge in [0.05, 0.1) is 16.8 Å². The number of furan rings is 1. The van der Waals surface area contributed by atoms with Crippen LogP contribution in [0.25, 0.3) is 11.3 Å². The van der Waals surface area contributed by atoms with Crippen LogP contribution in [0, 0.1) is 0 Å². The van der Waals surface area contributed by atoms with Crippen LogP contribution in [0.2, 0.25) is 5.02 Å². The van der Waals surface area contributed by atoms with Gasteiger partial charge in [-0.25, -0.2) is 0 Å². The van der Waals surface area contributed by atoms with E-state index >= 15 is 0 Å². The van der Waals surface area contributed by atoms with Crippen molar-refractivity contribution >= 4 is 17.5 Å². The molecule has 0 spiro atoms. The van der Waals surface area contributed by atoms with E-state index in [1.807, 2.05) is 32.0 Å². The molecule has 0 aliphatic carbocycles. The minimum absolute atomic E-state index is 0.0818. The lowest BCUT2D eigenvalue weighted by Gasteiger charge is -2.10. The second-order valence-electron chi connectivity index (χ2n) is 4.30. The number of amides is 1. The zero-order valence-electron chi connectivity index (χ0n) is 10.2. The van der Waals surface area contributed by atoms with Crippen molar-refractivity contribution in [3.63, 3.8) is 0 Å². The Morgan fingerprint density at radius 1 is 1.33 bits per heavy atom. The number of carbonyl (C=O) groups is 1. The molecule has 0 saturated carbocycles. The lowest BCUT2D eigenvalue weighted by molar-refractivity contribution is 0.0943. The largest absolute Gasteiger partial charge is 0.464 e. The number of hydrogen-bond donors (Lipinski definition) is 1. The Morgan fingerprint density at radius 3 is 2.67 bits per heavy atom. The van der Waals surface area contributed by atoms with Gasteiger partial charge in [0, 0.05) is 11.6 Å². The SMILES string of the molecule is CC(C)NC(=O)c1ccc(-c2ccco2)cc1Cl. The van der Waals surface area contributed by atoms with Gasteiger partial charge in [0.15, 0.2) is 0 Å². The molecule has 0 aliphatic rings. The van der Waals surface area contributed by atoms with E-state index in [1.54, 1.807) is 18.4 Å². The van der Waals surface area contributed by atoms with E-state index in [4.69, 9.17) is 16.0 Å². The molecule has 18 heavy (non-hydrogen) atoms. The molecule has 0 bridgehead atoms. The lowest BCUT2D eigenvalue weighted by atomic mass is 10.1. The normalized spacial score (nSPS) is 10.7. The highest BCUT2D eigenvalue weighted by molar-refractivity contribution is 6.34. The third-order valence-corrected chi connectivity index (χ3v) is 2.75. The Bertz CT molecular complexity index is 547. The smallest absolute Gasteiger partial charge is 0.252 e. The van der Waals surface area contributed by atoms with Crippen LogP contribution in [-0.2, 0) is 0 Å². The van der Waals surface area contributed by atoms with Crippen molar-refractivity contribution in [2.45, 2.75) is 19.9 Å². The van der Waals surface area contributed by atoms with Gasteiger partial charge in [-0.1, -0.05) is 17.7 Å². The van der Waals surface area contributed by atoms with Crippen molar-refractivity contribution in [2.75, 3.05) is 0 Å². The first-order valence-electron chi connectivity index (χ1n) is 5.72. The lowest BCUT2D eigenvalue weighted by Crippen LogP contribution is -2.30. The maximum atomic E-state index is 11.9. The molecular weight excluding hydrogens is 250 g/mol. The van der Waals surface area contributed by atoms with Gasteiger partial charge in [-0.3, -0.25) is 4.79 Å². The third-order valence-electron chi connectivity index (χ3n) is 2.44. The molecule has 1 aromatic carbocycles. The number of nitrogens with one attached hydrogen (secondary N) is 1. The highest BCUT2D eigenvalue weighted by atomic mass is 35.5. The molecule has 0 saturated heterocycles. The molecular formula is C14H14ClNO2. The standard InChI is InChI=1S/C14H14ClNO2/c1-9(2)16-14(17)11-6-5-10(8-12(11)15)13-4-3-7-18-13/h3-9H,1-2H3,(H,16,17). The van der Waals surface area contributed by atoms with E-state index in [-0.39, 0.29) is 11.9 Å². The van der Waals surface area contributed by atoms with Crippen molar-refractivity contribution in [3.05, 3.63) is 47.2 Å². The van der Waals surface area contributed by atoms with Crippen LogP contribution < -0.4 is 5.32 Å². The van der Waals surface area contributed by atoms with Crippen LogP contribution in [0.5, 0.6) is 0 Å². The molecule has 2 rings (SSSR count). The Hall–Kier alpha value is -1.74. The Kier molecular flexibility index (Phi) is 3.72. The van der Waals surface area contributed by atoms with E-state index in [2.05, 4.69) is 5.32 Å². The number of benzene rings is 1. The van der Waals surface area contributed by atoms with E-state index in [1.165, 1.54) is 0 Å². The van der Waals surface area contributed by atoms with Gasteiger partial charge in [0.1, 0.15) is 5.76 Å². The third kappa shape index (κ3) is 2.74. The monoisotopic (exact) mass is 263 g/mol. The van der Waals surface area contributed by atoms with Crippen LogP contribution >= 0.6 is 11.6 Å². The van der Waals surface area contributed by atoms with E-state index in [0.717, 1.165) is 11.3 Å². The number of halogens is 1. The molecule has 1 amide bonds. The van der Waals surface area contributed by atoms with Gasteiger partial charge in [-0.05, 0) is 38.1 Å². The summed E-state index contributed by atoms with van der Waals surface area (Å²) in [6.07, 6.45) is 1.60. The summed E-state index contributed by atoms with van der Waals surface area (Å²) in [5, 5.41) is 3.23. The zero-order chi connectivity index (χ0) is 13.1. The van der Waals surface area contributed by atoms with Crippen LogP contribution in [0.15, 0.2) is 41.0 Å². The minimum atomic E-state index is -0.166. The number of hydrogen-bond acceptors (Lipinski definition) is 2. The Labute approximate surface area is 111 Å². The summed E-state index contributed by atoms with van der Waals surface area (Å²) in [6.45, 7) is 3.81. The van der Waals surface area contributed by atoms with E-state index < -0.39 is 0 Å². The van der Waals surface area contributed by atoms with Crippen molar-refractivity contribution in [1.29, 1.82) is 0 Å². The molecule has 0 atom stereocenters.